The molecule has 0 aromatic carbocycles. The Bertz CT molecular complexity index is 745. The third-order valence-corrected chi connectivity index (χ3v) is 3.07. The fourth-order valence-electron chi connectivity index (χ4n) is 2.15. The average molecular weight is 307 g/mol. The highest BCUT2D eigenvalue weighted by Crippen LogP contribution is 2.20. The fraction of sp³-hybridized carbons (Fsp3) is 0.214. The van der Waals surface area contributed by atoms with Crippen molar-refractivity contribution < 1.29 is 13.2 Å². The average Bonchev–Trinajstić information content (AvgIpc) is 3.09. The highest BCUT2D eigenvalue weighted by molar-refractivity contribution is 5.49. The van der Waals surface area contributed by atoms with Crippen LogP contribution in [0.3, 0.4) is 0 Å². The summed E-state index contributed by atoms with van der Waals surface area (Å²) >= 11 is 0. The van der Waals surface area contributed by atoms with Gasteiger partial charge in [-0.05, 0) is 12.1 Å². The number of hydrogen-bond acceptors (Lipinski definition) is 3. The molecule has 0 atom stereocenters. The SMILES string of the molecule is FC(F)(F)Cn1ccnc1Cn1ccnc1-c1ccccn1. The molecule has 0 fully saturated rings. The Morgan fingerprint density at radius 1 is 0.909 bits per heavy atom. The van der Waals surface area contributed by atoms with Crippen molar-refractivity contribution in [3.8, 4) is 11.5 Å². The predicted molar refractivity (Wildman–Crippen MR) is 72.8 cm³/mol. The minimum absolute atomic E-state index is 0.189. The zero-order chi connectivity index (χ0) is 15.6. The molecule has 0 radical (unpaired) electrons. The number of alkyl halides is 3. The smallest absolute Gasteiger partial charge is 0.324 e. The van der Waals surface area contributed by atoms with Crippen LogP contribution in [0.5, 0.6) is 0 Å². The van der Waals surface area contributed by atoms with Gasteiger partial charge in [0.2, 0.25) is 0 Å². The van der Waals surface area contributed by atoms with Crippen LogP contribution in [0.2, 0.25) is 0 Å². The van der Waals surface area contributed by atoms with E-state index < -0.39 is 12.7 Å². The first-order valence-electron chi connectivity index (χ1n) is 6.52. The van der Waals surface area contributed by atoms with E-state index in [1.165, 1.54) is 12.4 Å². The van der Waals surface area contributed by atoms with Gasteiger partial charge in [0.05, 0.1) is 6.54 Å². The summed E-state index contributed by atoms with van der Waals surface area (Å²) in [6.07, 6.45) is 3.31. The number of halogens is 3. The van der Waals surface area contributed by atoms with Crippen LogP contribution >= 0.6 is 0 Å². The molecule has 0 spiro atoms. The molecule has 0 saturated heterocycles. The zero-order valence-electron chi connectivity index (χ0n) is 11.4. The maximum atomic E-state index is 12.5. The van der Waals surface area contributed by atoms with Gasteiger partial charge in [0, 0.05) is 31.0 Å². The predicted octanol–water partition coefficient (Wildman–Crippen LogP) is 2.75. The van der Waals surface area contributed by atoms with Gasteiger partial charge < -0.3 is 9.13 Å². The standard InChI is InChI=1S/C14H12F3N5/c15-14(16,17)10-22-8-5-19-12(22)9-21-7-6-20-13(21)11-3-1-2-4-18-11/h1-8H,9-10H2. The Morgan fingerprint density at radius 3 is 2.41 bits per heavy atom. The van der Waals surface area contributed by atoms with E-state index in [4.69, 9.17) is 0 Å². The van der Waals surface area contributed by atoms with E-state index in [-0.39, 0.29) is 6.54 Å². The maximum Gasteiger partial charge on any atom is 0.406 e. The molecule has 8 heteroatoms. The third kappa shape index (κ3) is 3.16. The molecule has 3 aromatic rings. The van der Waals surface area contributed by atoms with Crippen molar-refractivity contribution in [2.75, 3.05) is 0 Å². The molecule has 3 rings (SSSR count). The Kier molecular flexibility index (Phi) is 3.66. The second-order valence-corrected chi connectivity index (χ2v) is 4.68. The first-order valence-corrected chi connectivity index (χ1v) is 6.52. The van der Waals surface area contributed by atoms with Crippen molar-refractivity contribution in [1.29, 1.82) is 0 Å². The number of imidazole rings is 2. The summed E-state index contributed by atoms with van der Waals surface area (Å²) in [5.74, 6) is 0.898. The van der Waals surface area contributed by atoms with Gasteiger partial charge in [-0.3, -0.25) is 4.98 Å². The topological polar surface area (TPSA) is 48.5 Å². The van der Waals surface area contributed by atoms with E-state index in [2.05, 4.69) is 15.0 Å². The van der Waals surface area contributed by atoms with E-state index in [9.17, 15) is 13.2 Å². The van der Waals surface area contributed by atoms with Gasteiger partial charge in [0.25, 0.3) is 0 Å². The summed E-state index contributed by atoms with van der Waals surface area (Å²) in [5.41, 5.74) is 0.654. The van der Waals surface area contributed by atoms with Gasteiger partial charge in [0.1, 0.15) is 18.1 Å². The number of pyridine rings is 1. The van der Waals surface area contributed by atoms with Crippen LogP contribution < -0.4 is 0 Å². The molecule has 0 amide bonds. The van der Waals surface area contributed by atoms with Crippen molar-refractivity contribution in [3.05, 3.63) is 55.0 Å². The summed E-state index contributed by atoms with van der Waals surface area (Å²) in [7, 11) is 0. The molecule has 0 saturated carbocycles. The monoisotopic (exact) mass is 307 g/mol. The third-order valence-electron chi connectivity index (χ3n) is 3.07. The lowest BCUT2D eigenvalue weighted by Gasteiger charge is -2.12. The molecular weight excluding hydrogens is 295 g/mol. The maximum absolute atomic E-state index is 12.5. The second-order valence-electron chi connectivity index (χ2n) is 4.68. The van der Waals surface area contributed by atoms with Gasteiger partial charge >= 0.3 is 6.18 Å². The fourth-order valence-corrected chi connectivity index (χ4v) is 2.15. The molecule has 0 unspecified atom stereocenters. The number of nitrogens with zero attached hydrogens (tertiary/aromatic N) is 5. The van der Waals surface area contributed by atoms with Crippen LogP contribution in [-0.4, -0.2) is 30.3 Å². The Balaban J connectivity index is 1.87. The van der Waals surface area contributed by atoms with Crippen molar-refractivity contribution in [1.82, 2.24) is 24.1 Å². The molecule has 0 aliphatic carbocycles. The highest BCUT2D eigenvalue weighted by Gasteiger charge is 2.28. The molecule has 114 valence electrons. The minimum Gasteiger partial charge on any atom is -0.324 e. The van der Waals surface area contributed by atoms with Gasteiger partial charge in [-0.1, -0.05) is 6.07 Å². The van der Waals surface area contributed by atoms with Crippen LogP contribution in [0.4, 0.5) is 13.2 Å². The molecule has 3 aromatic heterocycles. The lowest BCUT2D eigenvalue weighted by atomic mass is 10.3. The molecule has 0 N–H and O–H groups in total. The van der Waals surface area contributed by atoms with E-state index in [1.807, 2.05) is 6.07 Å². The molecule has 5 nitrogen and oxygen atoms in total. The van der Waals surface area contributed by atoms with Gasteiger partial charge in [-0.2, -0.15) is 13.2 Å². The van der Waals surface area contributed by atoms with Crippen LogP contribution in [0, 0.1) is 0 Å². The van der Waals surface area contributed by atoms with E-state index in [0.29, 0.717) is 17.3 Å². The highest BCUT2D eigenvalue weighted by atomic mass is 19.4. The largest absolute Gasteiger partial charge is 0.406 e. The summed E-state index contributed by atoms with van der Waals surface area (Å²) in [6.45, 7) is -0.870. The Morgan fingerprint density at radius 2 is 1.68 bits per heavy atom. The van der Waals surface area contributed by atoms with E-state index >= 15 is 0 Å². The van der Waals surface area contributed by atoms with Crippen LogP contribution in [0.25, 0.3) is 11.5 Å². The van der Waals surface area contributed by atoms with Crippen LogP contribution in [0.15, 0.2) is 49.2 Å². The number of hydrogen-bond donors (Lipinski definition) is 0. The van der Waals surface area contributed by atoms with Crippen molar-refractivity contribution in [2.45, 2.75) is 19.3 Å². The minimum atomic E-state index is -4.28. The molecule has 3 heterocycles. The second kappa shape index (κ2) is 5.63. The summed E-state index contributed by atoms with van der Waals surface area (Å²) in [4.78, 5) is 12.4. The van der Waals surface area contributed by atoms with Crippen molar-refractivity contribution >= 4 is 0 Å². The van der Waals surface area contributed by atoms with E-state index in [0.717, 1.165) is 4.57 Å². The Hall–Kier alpha value is -2.64. The van der Waals surface area contributed by atoms with Gasteiger partial charge in [-0.15, -0.1) is 0 Å². The molecule has 0 bridgehead atoms. The van der Waals surface area contributed by atoms with Gasteiger partial charge in [-0.25, -0.2) is 9.97 Å². The first kappa shape index (κ1) is 14.3. The summed E-state index contributed by atoms with van der Waals surface area (Å²) in [6, 6.07) is 5.40. The molecule has 0 aliphatic heterocycles. The Labute approximate surface area is 124 Å². The number of aromatic nitrogens is 5. The first-order chi connectivity index (χ1) is 10.5. The lowest BCUT2D eigenvalue weighted by molar-refractivity contribution is -0.141. The molecular formula is C14H12F3N5. The quantitative estimate of drug-likeness (QED) is 0.744. The zero-order valence-corrected chi connectivity index (χ0v) is 11.4. The van der Waals surface area contributed by atoms with Crippen molar-refractivity contribution in [2.24, 2.45) is 0 Å². The molecule has 22 heavy (non-hydrogen) atoms. The summed E-state index contributed by atoms with van der Waals surface area (Å²) < 4.78 is 40.4. The lowest BCUT2D eigenvalue weighted by Crippen LogP contribution is -2.20. The van der Waals surface area contributed by atoms with Crippen molar-refractivity contribution in [3.63, 3.8) is 0 Å². The molecule has 0 aliphatic rings. The normalized spacial score (nSPS) is 11.8. The van der Waals surface area contributed by atoms with Gasteiger partial charge in [0.15, 0.2) is 5.82 Å². The van der Waals surface area contributed by atoms with E-state index in [1.54, 1.807) is 35.3 Å². The summed E-state index contributed by atoms with van der Waals surface area (Å²) in [5, 5.41) is 0. The number of rotatable bonds is 4. The van der Waals surface area contributed by atoms with Crippen LogP contribution in [-0.2, 0) is 13.1 Å². The van der Waals surface area contributed by atoms with Crippen LogP contribution in [0.1, 0.15) is 5.82 Å².